The number of nitriles is 1. The lowest BCUT2D eigenvalue weighted by Crippen LogP contribution is -2.36. The number of benzene rings is 1. The SMILES string of the molecule is N#Cc1ccccc1OCCCCN1CCOCC1. The van der Waals surface area contributed by atoms with Gasteiger partial charge in [0.15, 0.2) is 0 Å². The molecule has 102 valence electrons. The minimum atomic E-state index is 0.607. The second-order valence-corrected chi connectivity index (χ2v) is 4.62. The number of morpholine rings is 1. The van der Waals surface area contributed by atoms with Crippen LogP contribution in [0.15, 0.2) is 24.3 Å². The van der Waals surface area contributed by atoms with Crippen molar-refractivity contribution in [3.05, 3.63) is 29.8 Å². The Morgan fingerprint density at radius 2 is 2.00 bits per heavy atom. The number of unbranched alkanes of at least 4 members (excludes halogenated alkanes) is 1. The third-order valence-electron chi connectivity index (χ3n) is 3.24. The molecule has 0 N–H and O–H groups in total. The highest BCUT2D eigenvalue weighted by atomic mass is 16.5. The van der Waals surface area contributed by atoms with Crippen molar-refractivity contribution in [3.63, 3.8) is 0 Å². The molecule has 1 fully saturated rings. The lowest BCUT2D eigenvalue weighted by Gasteiger charge is -2.26. The van der Waals surface area contributed by atoms with Gasteiger partial charge in [-0.2, -0.15) is 5.26 Å². The first kappa shape index (κ1) is 13.9. The van der Waals surface area contributed by atoms with E-state index in [1.54, 1.807) is 6.07 Å². The maximum absolute atomic E-state index is 8.94. The summed E-state index contributed by atoms with van der Waals surface area (Å²) in [6.07, 6.45) is 2.13. The van der Waals surface area contributed by atoms with Crippen LogP contribution < -0.4 is 4.74 Å². The topological polar surface area (TPSA) is 45.5 Å². The van der Waals surface area contributed by atoms with Gasteiger partial charge in [-0.25, -0.2) is 0 Å². The zero-order valence-electron chi connectivity index (χ0n) is 11.2. The van der Waals surface area contributed by atoms with Crippen molar-refractivity contribution in [2.45, 2.75) is 12.8 Å². The maximum atomic E-state index is 8.94. The molecule has 1 aromatic rings. The van der Waals surface area contributed by atoms with E-state index >= 15 is 0 Å². The number of para-hydroxylation sites is 1. The van der Waals surface area contributed by atoms with Crippen molar-refractivity contribution in [2.75, 3.05) is 39.5 Å². The number of ether oxygens (including phenoxy) is 2. The molecule has 0 spiro atoms. The lowest BCUT2D eigenvalue weighted by atomic mass is 10.2. The van der Waals surface area contributed by atoms with E-state index in [9.17, 15) is 0 Å². The van der Waals surface area contributed by atoms with E-state index < -0.39 is 0 Å². The fraction of sp³-hybridized carbons (Fsp3) is 0.533. The normalized spacial score (nSPS) is 15.9. The molecular formula is C15H20N2O2. The summed E-state index contributed by atoms with van der Waals surface area (Å²) in [4.78, 5) is 2.42. The van der Waals surface area contributed by atoms with Crippen LogP contribution in [0.3, 0.4) is 0 Å². The average Bonchev–Trinajstić information content (AvgIpc) is 2.48. The van der Waals surface area contributed by atoms with Crippen LogP contribution in [0.4, 0.5) is 0 Å². The van der Waals surface area contributed by atoms with Crippen LogP contribution in [0, 0.1) is 11.3 Å². The zero-order chi connectivity index (χ0) is 13.3. The van der Waals surface area contributed by atoms with E-state index in [0.29, 0.717) is 17.9 Å². The van der Waals surface area contributed by atoms with Crippen molar-refractivity contribution in [2.24, 2.45) is 0 Å². The van der Waals surface area contributed by atoms with E-state index in [-0.39, 0.29) is 0 Å². The molecule has 4 heteroatoms. The Morgan fingerprint density at radius 1 is 1.21 bits per heavy atom. The maximum Gasteiger partial charge on any atom is 0.137 e. The minimum absolute atomic E-state index is 0.607. The Morgan fingerprint density at radius 3 is 2.79 bits per heavy atom. The van der Waals surface area contributed by atoms with Gasteiger partial charge < -0.3 is 9.47 Å². The Hall–Kier alpha value is -1.57. The van der Waals surface area contributed by atoms with Crippen LogP contribution in [0.5, 0.6) is 5.75 Å². The molecular weight excluding hydrogens is 240 g/mol. The molecule has 1 aliphatic rings. The van der Waals surface area contributed by atoms with E-state index in [4.69, 9.17) is 14.7 Å². The van der Waals surface area contributed by atoms with Gasteiger partial charge in [0.2, 0.25) is 0 Å². The molecule has 0 aliphatic carbocycles. The van der Waals surface area contributed by atoms with Gasteiger partial charge in [-0.3, -0.25) is 4.90 Å². The highest BCUT2D eigenvalue weighted by Gasteiger charge is 2.09. The first-order valence-electron chi connectivity index (χ1n) is 6.82. The van der Waals surface area contributed by atoms with Gasteiger partial charge in [0.25, 0.3) is 0 Å². The summed E-state index contributed by atoms with van der Waals surface area (Å²) < 4.78 is 11.0. The van der Waals surface area contributed by atoms with Gasteiger partial charge in [-0.15, -0.1) is 0 Å². The van der Waals surface area contributed by atoms with E-state index in [0.717, 1.165) is 45.7 Å². The van der Waals surface area contributed by atoms with Crippen molar-refractivity contribution in [1.29, 1.82) is 5.26 Å². The number of hydrogen-bond donors (Lipinski definition) is 0. The standard InChI is InChI=1S/C15H20N2O2/c16-13-14-5-1-2-6-15(14)19-10-4-3-7-17-8-11-18-12-9-17/h1-2,5-6H,3-4,7-12H2. The monoisotopic (exact) mass is 260 g/mol. The summed E-state index contributed by atoms with van der Waals surface area (Å²) in [6.45, 7) is 5.56. The first-order valence-corrected chi connectivity index (χ1v) is 6.82. The van der Waals surface area contributed by atoms with Crippen LogP contribution in [-0.4, -0.2) is 44.4 Å². The summed E-state index contributed by atoms with van der Waals surface area (Å²) in [7, 11) is 0. The predicted octanol–water partition coefficient (Wildman–Crippen LogP) is 2.05. The number of rotatable bonds is 6. The molecule has 19 heavy (non-hydrogen) atoms. The zero-order valence-corrected chi connectivity index (χ0v) is 11.2. The molecule has 0 atom stereocenters. The largest absolute Gasteiger partial charge is 0.492 e. The van der Waals surface area contributed by atoms with E-state index in [2.05, 4.69) is 11.0 Å². The second-order valence-electron chi connectivity index (χ2n) is 4.62. The molecule has 0 bridgehead atoms. The molecule has 1 aromatic carbocycles. The summed E-state index contributed by atoms with van der Waals surface area (Å²) in [6, 6.07) is 9.51. The van der Waals surface area contributed by atoms with Crippen LogP contribution >= 0.6 is 0 Å². The molecule has 1 saturated heterocycles. The Balaban J connectivity index is 1.62. The van der Waals surface area contributed by atoms with Gasteiger partial charge in [-0.1, -0.05) is 12.1 Å². The molecule has 0 saturated carbocycles. The van der Waals surface area contributed by atoms with Crippen LogP contribution in [0.1, 0.15) is 18.4 Å². The molecule has 0 radical (unpaired) electrons. The fourth-order valence-electron chi connectivity index (χ4n) is 2.13. The third kappa shape index (κ3) is 4.55. The Labute approximate surface area is 114 Å². The molecule has 0 aromatic heterocycles. The highest BCUT2D eigenvalue weighted by molar-refractivity contribution is 5.42. The molecule has 0 amide bonds. The first-order chi connectivity index (χ1) is 9.40. The molecule has 1 aliphatic heterocycles. The van der Waals surface area contributed by atoms with Gasteiger partial charge in [0, 0.05) is 13.1 Å². The quantitative estimate of drug-likeness (QED) is 0.734. The average molecular weight is 260 g/mol. The van der Waals surface area contributed by atoms with Crippen molar-refractivity contribution >= 4 is 0 Å². The predicted molar refractivity (Wildman–Crippen MR) is 73.1 cm³/mol. The Kier molecular flexibility index (Phi) is 5.67. The van der Waals surface area contributed by atoms with Crippen LogP contribution in [0.25, 0.3) is 0 Å². The van der Waals surface area contributed by atoms with Crippen molar-refractivity contribution in [1.82, 2.24) is 4.90 Å². The molecule has 0 unspecified atom stereocenters. The van der Waals surface area contributed by atoms with Gasteiger partial charge >= 0.3 is 0 Å². The molecule has 2 rings (SSSR count). The van der Waals surface area contributed by atoms with E-state index in [1.165, 1.54) is 0 Å². The Bertz CT molecular complexity index is 422. The van der Waals surface area contributed by atoms with Gasteiger partial charge in [0.1, 0.15) is 11.8 Å². The number of hydrogen-bond acceptors (Lipinski definition) is 4. The minimum Gasteiger partial charge on any atom is -0.492 e. The highest BCUT2D eigenvalue weighted by Crippen LogP contribution is 2.16. The lowest BCUT2D eigenvalue weighted by molar-refractivity contribution is 0.0368. The number of nitrogens with zero attached hydrogens (tertiary/aromatic N) is 2. The van der Waals surface area contributed by atoms with E-state index in [1.807, 2.05) is 18.2 Å². The van der Waals surface area contributed by atoms with Crippen LogP contribution in [-0.2, 0) is 4.74 Å². The van der Waals surface area contributed by atoms with Crippen molar-refractivity contribution in [3.8, 4) is 11.8 Å². The van der Waals surface area contributed by atoms with Gasteiger partial charge in [-0.05, 0) is 31.5 Å². The molecule has 4 nitrogen and oxygen atoms in total. The fourth-order valence-corrected chi connectivity index (χ4v) is 2.13. The smallest absolute Gasteiger partial charge is 0.137 e. The summed E-state index contributed by atoms with van der Waals surface area (Å²) in [5, 5.41) is 8.94. The van der Waals surface area contributed by atoms with Gasteiger partial charge in [0.05, 0.1) is 25.4 Å². The summed E-state index contributed by atoms with van der Waals surface area (Å²) in [5.41, 5.74) is 0.607. The molecule has 1 heterocycles. The third-order valence-corrected chi connectivity index (χ3v) is 3.24. The second kappa shape index (κ2) is 7.78. The summed E-state index contributed by atoms with van der Waals surface area (Å²) >= 11 is 0. The summed E-state index contributed by atoms with van der Waals surface area (Å²) in [5.74, 6) is 0.691. The van der Waals surface area contributed by atoms with Crippen molar-refractivity contribution < 1.29 is 9.47 Å². The van der Waals surface area contributed by atoms with Crippen LogP contribution in [0.2, 0.25) is 0 Å².